The zero-order valence-electron chi connectivity index (χ0n) is 16.8. The summed E-state index contributed by atoms with van der Waals surface area (Å²) < 4.78 is 7.19. The number of halogens is 1. The summed E-state index contributed by atoms with van der Waals surface area (Å²) in [6, 6.07) is 17.6. The molecule has 5 nitrogen and oxygen atoms in total. The number of fused-ring (bicyclic) bond motifs is 1. The van der Waals surface area contributed by atoms with Crippen LogP contribution in [0, 0.1) is 0 Å². The second kappa shape index (κ2) is 7.74. The Bertz CT molecular complexity index is 1270. The molecule has 0 spiro atoms. The summed E-state index contributed by atoms with van der Waals surface area (Å²) in [4.78, 5) is 15.7. The fourth-order valence-corrected chi connectivity index (χ4v) is 4.43. The minimum Gasteiger partial charge on any atom is -0.355 e. The Labute approximate surface area is 179 Å². The molecule has 1 aliphatic heterocycles. The van der Waals surface area contributed by atoms with Gasteiger partial charge < -0.3 is 9.09 Å². The maximum absolute atomic E-state index is 13.2. The molecular weight excluding hydrogens is 398 g/mol. The fourth-order valence-electron chi connectivity index (χ4n) is 4.20. The first-order chi connectivity index (χ1) is 14.6. The van der Waals surface area contributed by atoms with E-state index in [0.717, 1.165) is 17.8 Å². The van der Waals surface area contributed by atoms with Crippen molar-refractivity contribution in [1.29, 1.82) is 0 Å². The Morgan fingerprint density at radius 1 is 1.07 bits per heavy atom. The summed E-state index contributed by atoms with van der Waals surface area (Å²) in [6.45, 7) is 3.32. The van der Waals surface area contributed by atoms with Crippen LogP contribution in [-0.4, -0.2) is 27.7 Å². The first kappa shape index (κ1) is 19.1. The molecular formula is C24H22ClN3O2. The highest BCUT2D eigenvalue weighted by atomic mass is 35.5. The predicted molar refractivity (Wildman–Crippen MR) is 120 cm³/mol. The van der Waals surface area contributed by atoms with Gasteiger partial charge in [0.1, 0.15) is 11.1 Å². The van der Waals surface area contributed by atoms with Crippen LogP contribution in [-0.2, 0) is 13.6 Å². The number of likely N-dealkylation sites (tertiary alicyclic amines) is 1. The Morgan fingerprint density at radius 3 is 2.53 bits per heavy atom. The van der Waals surface area contributed by atoms with E-state index in [9.17, 15) is 4.79 Å². The van der Waals surface area contributed by atoms with Crippen LogP contribution < -0.4 is 5.56 Å². The molecule has 2 aromatic carbocycles. The molecule has 0 amide bonds. The van der Waals surface area contributed by atoms with Crippen LogP contribution in [0.15, 0.2) is 63.9 Å². The second-order valence-electron chi connectivity index (χ2n) is 7.82. The molecule has 1 aliphatic rings. The first-order valence-corrected chi connectivity index (χ1v) is 10.6. The molecule has 0 bridgehead atoms. The lowest BCUT2D eigenvalue weighted by Gasteiger charge is -2.15. The van der Waals surface area contributed by atoms with E-state index in [0.29, 0.717) is 27.2 Å². The number of pyridine rings is 1. The largest absolute Gasteiger partial charge is 0.355 e. The third-order valence-electron chi connectivity index (χ3n) is 5.85. The minimum atomic E-state index is -0.153. The van der Waals surface area contributed by atoms with E-state index in [-0.39, 0.29) is 5.56 Å². The Hall–Kier alpha value is -2.89. The molecule has 0 radical (unpaired) electrons. The maximum atomic E-state index is 13.2. The van der Waals surface area contributed by atoms with E-state index >= 15 is 0 Å². The maximum Gasteiger partial charge on any atom is 0.264 e. The summed E-state index contributed by atoms with van der Waals surface area (Å²) in [7, 11) is 1.78. The van der Waals surface area contributed by atoms with Gasteiger partial charge in [-0.25, -0.2) is 0 Å². The van der Waals surface area contributed by atoms with Crippen LogP contribution in [0.4, 0.5) is 0 Å². The van der Waals surface area contributed by atoms with Crippen molar-refractivity contribution >= 4 is 22.6 Å². The number of hydrogen-bond donors (Lipinski definition) is 0. The summed E-state index contributed by atoms with van der Waals surface area (Å²) in [6.07, 6.45) is 2.57. The van der Waals surface area contributed by atoms with Crippen molar-refractivity contribution in [3.63, 3.8) is 0 Å². The van der Waals surface area contributed by atoms with Crippen molar-refractivity contribution < 1.29 is 4.52 Å². The molecule has 1 fully saturated rings. The van der Waals surface area contributed by atoms with Crippen molar-refractivity contribution in [3.05, 3.63) is 75.5 Å². The van der Waals surface area contributed by atoms with Crippen molar-refractivity contribution in [3.8, 4) is 22.5 Å². The molecule has 4 aromatic rings. The van der Waals surface area contributed by atoms with Gasteiger partial charge in [0.2, 0.25) is 0 Å². The lowest BCUT2D eigenvalue weighted by Crippen LogP contribution is -2.19. The second-order valence-corrected chi connectivity index (χ2v) is 8.23. The number of benzene rings is 2. The van der Waals surface area contributed by atoms with Crippen LogP contribution in [0.2, 0.25) is 5.02 Å². The van der Waals surface area contributed by atoms with Crippen molar-refractivity contribution in [2.75, 3.05) is 13.1 Å². The Balaban J connectivity index is 1.54. The van der Waals surface area contributed by atoms with E-state index in [2.05, 4.69) is 34.3 Å². The van der Waals surface area contributed by atoms with Crippen LogP contribution in [0.25, 0.3) is 33.5 Å². The monoisotopic (exact) mass is 419 g/mol. The molecule has 5 rings (SSSR count). The topological polar surface area (TPSA) is 51.3 Å². The van der Waals surface area contributed by atoms with Crippen molar-refractivity contribution in [2.45, 2.75) is 19.4 Å². The number of aromatic nitrogens is 2. The molecule has 1 saturated heterocycles. The van der Waals surface area contributed by atoms with Gasteiger partial charge in [-0.1, -0.05) is 59.2 Å². The van der Waals surface area contributed by atoms with E-state index in [1.165, 1.54) is 31.5 Å². The number of nitrogens with zero attached hydrogens (tertiary/aromatic N) is 3. The summed E-state index contributed by atoms with van der Waals surface area (Å²) in [5.41, 5.74) is 4.52. The molecule has 2 aromatic heterocycles. The third kappa shape index (κ3) is 3.34. The van der Waals surface area contributed by atoms with Crippen LogP contribution in [0.1, 0.15) is 18.4 Å². The zero-order chi connectivity index (χ0) is 20.7. The first-order valence-electron chi connectivity index (χ1n) is 10.2. The molecule has 6 heteroatoms. The molecule has 0 aliphatic carbocycles. The summed E-state index contributed by atoms with van der Waals surface area (Å²) >= 11 is 6.32. The molecule has 30 heavy (non-hydrogen) atoms. The van der Waals surface area contributed by atoms with Gasteiger partial charge in [0, 0.05) is 25.2 Å². The van der Waals surface area contributed by atoms with Gasteiger partial charge in [-0.15, -0.1) is 0 Å². The lowest BCUT2D eigenvalue weighted by molar-refractivity contribution is 0.331. The molecule has 0 N–H and O–H groups in total. The van der Waals surface area contributed by atoms with E-state index in [4.69, 9.17) is 16.1 Å². The van der Waals surface area contributed by atoms with E-state index in [1.54, 1.807) is 17.7 Å². The number of rotatable bonds is 4. The highest BCUT2D eigenvalue weighted by molar-refractivity contribution is 6.33. The Kier molecular flexibility index (Phi) is 4.93. The third-order valence-corrected chi connectivity index (χ3v) is 6.18. The van der Waals surface area contributed by atoms with Crippen molar-refractivity contribution in [1.82, 2.24) is 14.6 Å². The van der Waals surface area contributed by atoms with Gasteiger partial charge >= 0.3 is 0 Å². The molecule has 152 valence electrons. The molecule has 3 heterocycles. The van der Waals surface area contributed by atoms with Crippen LogP contribution in [0.5, 0.6) is 0 Å². The van der Waals surface area contributed by atoms with Gasteiger partial charge in [-0.2, -0.15) is 0 Å². The highest BCUT2D eigenvalue weighted by Gasteiger charge is 2.19. The summed E-state index contributed by atoms with van der Waals surface area (Å²) in [5.74, 6) is 0. The Morgan fingerprint density at radius 2 is 1.80 bits per heavy atom. The van der Waals surface area contributed by atoms with Crippen LogP contribution >= 0.6 is 11.6 Å². The zero-order valence-corrected chi connectivity index (χ0v) is 17.5. The normalized spacial score (nSPS) is 14.6. The fraction of sp³-hybridized carbons (Fsp3) is 0.250. The number of hydrogen-bond acceptors (Lipinski definition) is 4. The van der Waals surface area contributed by atoms with E-state index in [1.807, 2.05) is 24.3 Å². The van der Waals surface area contributed by atoms with Gasteiger partial charge in [0.15, 0.2) is 5.58 Å². The average molecular weight is 420 g/mol. The van der Waals surface area contributed by atoms with Gasteiger partial charge in [-0.3, -0.25) is 9.69 Å². The van der Waals surface area contributed by atoms with Gasteiger partial charge in [0.05, 0.1) is 10.7 Å². The molecule has 0 saturated carbocycles. The quantitative estimate of drug-likeness (QED) is 0.461. The smallest absolute Gasteiger partial charge is 0.264 e. The minimum absolute atomic E-state index is 0.153. The van der Waals surface area contributed by atoms with E-state index < -0.39 is 0 Å². The van der Waals surface area contributed by atoms with Crippen molar-refractivity contribution in [2.24, 2.45) is 7.05 Å². The van der Waals surface area contributed by atoms with Crippen LogP contribution in [0.3, 0.4) is 0 Å². The predicted octanol–water partition coefficient (Wildman–Crippen LogP) is 5.11. The summed E-state index contributed by atoms with van der Waals surface area (Å²) in [5, 5.41) is 5.14. The van der Waals surface area contributed by atoms with Gasteiger partial charge in [0.25, 0.3) is 5.56 Å². The lowest BCUT2D eigenvalue weighted by atomic mass is 10.1. The highest BCUT2D eigenvalue weighted by Crippen LogP contribution is 2.32. The van der Waals surface area contributed by atoms with Gasteiger partial charge in [-0.05, 0) is 43.1 Å². The SMILES string of the molecule is Cn1c(-c2ccc(CN3CCCC3)cc2)cc2onc(-c3ccccc3Cl)c2c1=O. The molecule has 0 unspecified atom stereocenters. The molecule has 0 atom stereocenters. The average Bonchev–Trinajstić information content (AvgIpc) is 3.42. The standard InChI is InChI=1S/C24H22ClN3O2/c1-27-20(17-10-8-16(9-11-17)15-28-12-4-5-13-28)14-21-22(24(27)29)23(26-30-21)18-6-2-3-7-19(18)25/h2-3,6-11,14H,4-5,12-13,15H2,1H3.